The first kappa shape index (κ1) is 16.7. The summed E-state index contributed by atoms with van der Waals surface area (Å²) in [5.41, 5.74) is 0.782. The van der Waals surface area contributed by atoms with Gasteiger partial charge in [-0.3, -0.25) is 4.79 Å². The molecular formula is C16H19N3O4S2. The minimum Gasteiger partial charge on any atom is -0.456 e. The van der Waals surface area contributed by atoms with Crippen LogP contribution in [0.25, 0.3) is 0 Å². The number of likely N-dealkylation sites (tertiary alicyclic amines) is 1. The van der Waals surface area contributed by atoms with E-state index in [1.807, 2.05) is 12.3 Å². The summed E-state index contributed by atoms with van der Waals surface area (Å²) in [6.07, 6.45) is 0. The number of nitrogens with zero attached hydrogens (tertiary/aromatic N) is 3. The lowest BCUT2D eigenvalue weighted by atomic mass is 10.1. The van der Waals surface area contributed by atoms with Crippen LogP contribution in [0.2, 0.25) is 0 Å². The fourth-order valence-electron chi connectivity index (χ4n) is 3.60. The quantitative estimate of drug-likeness (QED) is 0.807. The first-order valence-corrected chi connectivity index (χ1v) is 10.5. The van der Waals surface area contributed by atoms with Gasteiger partial charge < -0.3 is 9.32 Å². The van der Waals surface area contributed by atoms with E-state index >= 15 is 0 Å². The van der Waals surface area contributed by atoms with Crippen LogP contribution in [0, 0.1) is 19.8 Å². The summed E-state index contributed by atoms with van der Waals surface area (Å²) >= 11 is 1.52. The summed E-state index contributed by atoms with van der Waals surface area (Å²) in [5.74, 6) is 0.633. The maximum atomic E-state index is 12.8. The lowest BCUT2D eigenvalue weighted by Crippen LogP contribution is -2.36. The minimum atomic E-state index is -3.42. The highest BCUT2D eigenvalue weighted by molar-refractivity contribution is 7.90. The number of thiazole rings is 1. The number of rotatable bonds is 3. The van der Waals surface area contributed by atoms with Crippen molar-refractivity contribution >= 4 is 27.3 Å². The Morgan fingerprint density at radius 1 is 1.32 bits per heavy atom. The van der Waals surface area contributed by atoms with E-state index in [2.05, 4.69) is 4.98 Å². The van der Waals surface area contributed by atoms with Gasteiger partial charge in [-0.25, -0.2) is 13.4 Å². The SMILES string of the molecule is Cc1ccc(C(=O)N2C[C@H]3CN(Cc4csc(C)n4)S(=O)(=O)[C@H]3C2)o1. The molecule has 0 bridgehead atoms. The van der Waals surface area contributed by atoms with Crippen molar-refractivity contribution in [2.45, 2.75) is 25.6 Å². The Morgan fingerprint density at radius 2 is 2.12 bits per heavy atom. The molecule has 1 amide bonds. The molecule has 4 rings (SSSR count). The molecule has 9 heteroatoms. The maximum absolute atomic E-state index is 12.8. The molecule has 0 saturated carbocycles. The van der Waals surface area contributed by atoms with Crippen molar-refractivity contribution in [3.63, 3.8) is 0 Å². The molecule has 2 saturated heterocycles. The number of fused-ring (bicyclic) bond motifs is 1. The molecule has 7 nitrogen and oxygen atoms in total. The van der Waals surface area contributed by atoms with Gasteiger partial charge in [0, 0.05) is 30.9 Å². The highest BCUT2D eigenvalue weighted by Gasteiger charge is 2.52. The van der Waals surface area contributed by atoms with Gasteiger partial charge in [0.25, 0.3) is 5.91 Å². The third kappa shape index (κ3) is 2.90. The number of aryl methyl sites for hydroxylation is 2. The minimum absolute atomic E-state index is 0.0651. The van der Waals surface area contributed by atoms with Crippen LogP contribution >= 0.6 is 11.3 Å². The highest BCUT2D eigenvalue weighted by Crippen LogP contribution is 2.35. The van der Waals surface area contributed by atoms with E-state index in [1.54, 1.807) is 24.0 Å². The Hall–Kier alpha value is -1.71. The van der Waals surface area contributed by atoms with Crippen molar-refractivity contribution in [3.8, 4) is 0 Å². The number of hydrogen-bond acceptors (Lipinski definition) is 6. The van der Waals surface area contributed by atoms with Crippen LogP contribution < -0.4 is 0 Å². The van der Waals surface area contributed by atoms with Gasteiger partial charge in [0.05, 0.1) is 22.5 Å². The molecular weight excluding hydrogens is 362 g/mol. The molecule has 0 radical (unpaired) electrons. The fraction of sp³-hybridized carbons (Fsp3) is 0.500. The van der Waals surface area contributed by atoms with Crippen LogP contribution in [-0.2, 0) is 16.6 Å². The topological polar surface area (TPSA) is 83.7 Å². The molecule has 0 aliphatic carbocycles. The molecule has 0 unspecified atom stereocenters. The molecule has 2 aromatic rings. The number of sulfonamides is 1. The zero-order chi connectivity index (χ0) is 17.8. The largest absolute Gasteiger partial charge is 0.456 e. The molecule has 0 aromatic carbocycles. The molecule has 0 spiro atoms. The molecule has 2 fully saturated rings. The second kappa shape index (κ2) is 5.93. The van der Waals surface area contributed by atoms with Crippen LogP contribution in [0.5, 0.6) is 0 Å². The van der Waals surface area contributed by atoms with Crippen molar-refractivity contribution in [1.82, 2.24) is 14.2 Å². The summed E-state index contributed by atoms with van der Waals surface area (Å²) in [6.45, 7) is 5.09. The molecule has 4 heterocycles. The summed E-state index contributed by atoms with van der Waals surface area (Å²) in [6, 6.07) is 3.37. The Bertz CT molecular complexity index is 917. The van der Waals surface area contributed by atoms with Gasteiger partial charge in [-0.05, 0) is 26.0 Å². The first-order valence-electron chi connectivity index (χ1n) is 8.10. The van der Waals surface area contributed by atoms with Gasteiger partial charge in [0.15, 0.2) is 5.76 Å². The highest BCUT2D eigenvalue weighted by atomic mass is 32.2. The summed E-state index contributed by atoms with van der Waals surface area (Å²) in [7, 11) is -3.42. The number of furan rings is 1. The lowest BCUT2D eigenvalue weighted by Gasteiger charge is -2.20. The second-order valence-corrected chi connectivity index (χ2v) is 9.83. The Balaban J connectivity index is 1.48. The van der Waals surface area contributed by atoms with E-state index in [0.717, 1.165) is 10.7 Å². The molecule has 25 heavy (non-hydrogen) atoms. The molecule has 2 aliphatic rings. The number of hydrogen-bond donors (Lipinski definition) is 0. The molecule has 2 atom stereocenters. The normalized spacial score (nSPS) is 25.4. The zero-order valence-corrected chi connectivity index (χ0v) is 15.6. The van der Waals surface area contributed by atoms with Crippen molar-refractivity contribution in [1.29, 1.82) is 0 Å². The third-order valence-electron chi connectivity index (χ3n) is 4.80. The van der Waals surface area contributed by atoms with E-state index < -0.39 is 15.3 Å². The van der Waals surface area contributed by atoms with Crippen molar-refractivity contribution in [3.05, 3.63) is 39.7 Å². The molecule has 2 aromatic heterocycles. The van der Waals surface area contributed by atoms with E-state index in [1.165, 1.54) is 15.6 Å². The van der Waals surface area contributed by atoms with Gasteiger partial charge in [0.2, 0.25) is 10.0 Å². The molecule has 134 valence electrons. The molecule has 0 N–H and O–H groups in total. The Labute approximate surface area is 150 Å². The second-order valence-electron chi connectivity index (χ2n) is 6.61. The fourth-order valence-corrected chi connectivity index (χ4v) is 6.32. The van der Waals surface area contributed by atoms with Crippen LogP contribution in [-0.4, -0.2) is 53.4 Å². The number of carbonyl (C=O) groups excluding carboxylic acids is 1. The first-order chi connectivity index (χ1) is 11.8. The van der Waals surface area contributed by atoms with E-state index in [9.17, 15) is 13.2 Å². The van der Waals surface area contributed by atoms with Gasteiger partial charge in [0.1, 0.15) is 5.76 Å². The van der Waals surface area contributed by atoms with E-state index in [-0.39, 0.29) is 24.1 Å². The zero-order valence-electron chi connectivity index (χ0n) is 14.0. The Morgan fingerprint density at radius 3 is 2.72 bits per heavy atom. The Kier molecular flexibility index (Phi) is 3.97. The average Bonchev–Trinajstić information content (AvgIpc) is 3.29. The van der Waals surface area contributed by atoms with Gasteiger partial charge >= 0.3 is 0 Å². The number of carbonyl (C=O) groups is 1. The van der Waals surface area contributed by atoms with Crippen molar-refractivity contribution in [2.75, 3.05) is 19.6 Å². The van der Waals surface area contributed by atoms with Crippen LogP contribution in [0.1, 0.15) is 27.0 Å². The van der Waals surface area contributed by atoms with Gasteiger partial charge in [-0.15, -0.1) is 11.3 Å². The predicted molar refractivity (Wildman–Crippen MR) is 92.8 cm³/mol. The standard InChI is InChI=1S/C16H19N3O4S2/c1-10-3-4-14(23-10)16(20)18-5-12-6-19(25(21,22)15(12)8-18)7-13-9-24-11(2)17-13/h3-4,9,12,15H,5-8H2,1-2H3/t12-,15-/m0/s1. The van der Waals surface area contributed by atoms with Crippen molar-refractivity contribution in [2.24, 2.45) is 5.92 Å². The summed E-state index contributed by atoms with van der Waals surface area (Å²) in [5, 5.41) is 2.29. The van der Waals surface area contributed by atoms with E-state index in [0.29, 0.717) is 25.4 Å². The van der Waals surface area contributed by atoms with Crippen molar-refractivity contribution < 1.29 is 17.6 Å². The number of amides is 1. The van der Waals surface area contributed by atoms with Crippen LogP contribution in [0.15, 0.2) is 21.9 Å². The number of aromatic nitrogens is 1. The monoisotopic (exact) mass is 381 g/mol. The third-order valence-corrected chi connectivity index (χ3v) is 7.92. The summed E-state index contributed by atoms with van der Waals surface area (Å²) < 4.78 is 32.6. The van der Waals surface area contributed by atoms with Gasteiger partial charge in [-0.1, -0.05) is 0 Å². The summed E-state index contributed by atoms with van der Waals surface area (Å²) in [4.78, 5) is 18.4. The van der Waals surface area contributed by atoms with E-state index in [4.69, 9.17) is 4.42 Å². The smallest absolute Gasteiger partial charge is 0.289 e. The lowest BCUT2D eigenvalue weighted by molar-refractivity contribution is 0.0751. The predicted octanol–water partition coefficient (Wildman–Crippen LogP) is 1.64. The van der Waals surface area contributed by atoms with Crippen LogP contribution in [0.4, 0.5) is 0 Å². The van der Waals surface area contributed by atoms with Crippen LogP contribution in [0.3, 0.4) is 0 Å². The average molecular weight is 381 g/mol. The maximum Gasteiger partial charge on any atom is 0.289 e. The van der Waals surface area contributed by atoms with Gasteiger partial charge in [-0.2, -0.15) is 4.31 Å². The molecule has 2 aliphatic heterocycles.